The summed E-state index contributed by atoms with van der Waals surface area (Å²) in [7, 11) is 0. The molecule has 0 radical (unpaired) electrons. The Morgan fingerprint density at radius 1 is 0.667 bits per heavy atom. The van der Waals surface area contributed by atoms with Gasteiger partial charge in [0.25, 0.3) is 0 Å². The molecule has 0 fully saturated rings. The molecule has 0 N–H and O–H groups in total. The molecule has 0 spiro atoms. The van der Waals surface area contributed by atoms with Gasteiger partial charge in [-0.1, -0.05) is 30.2 Å². The summed E-state index contributed by atoms with van der Waals surface area (Å²) in [6, 6.07) is 18.2. The highest BCUT2D eigenvalue weighted by Crippen LogP contribution is 2.38. The van der Waals surface area contributed by atoms with Crippen LogP contribution in [0, 0.1) is 18.8 Å². The van der Waals surface area contributed by atoms with Gasteiger partial charge in [-0.25, -0.2) is 0 Å². The Morgan fingerprint density at radius 2 is 1.21 bits per heavy atom. The average molecular weight is 342 g/mol. The maximum Gasteiger partial charge on any atom is 0.0781 e. The third-order valence-corrected chi connectivity index (χ3v) is 6.59. The topological polar surface area (TPSA) is 0 Å². The highest BCUT2D eigenvalue weighted by Gasteiger charge is 2.10. The first kappa shape index (κ1) is 14.0. The van der Waals surface area contributed by atoms with E-state index in [4.69, 9.17) is 0 Å². The summed E-state index contributed by atoms with van der Waals surface area (Å²) in [6.45, 7) is 4.08. The second-order valence-electron chi connectivity index (χ2n) is 6.05. The molecule has 3 aromatic carbocycles. The Hall–Kier alpha value is -2.34. The third-order valence-electron chi connectivity index (χ3n) is 4.56. The van der Waals surface area contributed by atoms with Crippen LogP contribution in [0.2, 0.25) is 0 Å². The lowest BCUT2D eigenvalue weighted by Crippen LogP contribution is -1.79. The van der Waals surface area contributed by atoms with Crippen LogP contribution in [0.3, 0.4) is 0 Å². The summed E-state index contributed by atoms with van der Waals surface area (Å²) in [5, 5.41) is 8.05. The van der Waals surface area contributed by atoms with E-state index >= 15 is 0 Å². The Labute approximate surface area is 148 Å². The summed E-state index contributed by atoms with van der Waals surface area (Å²) >= 11 is 3.65. The molecule has 2 heterocycles. The lowest BCUT2D eigenvalue weighted by molar-refractivity contribution is 1.66. The van der Waals surface area contributed by atoms with Crippen molar-refractivity contribution >= 4 is 64.4 Å². The number of hydrogen-bond acceptors (Lipinski definition) is 2. The second-order valence-corrected chi connectivity index (χ2v) is 8.42. The number of rotatable bonds is 0. The van der Waals surface area contributed by atoms with Crippen molar-refractivity contribution in [1.29, 1.82) is 0 Å². The maximum absolute atomic E-state index is 3.20. The van der Waals surface area contributed by atoms with Crippen molar-refractivity contribution in [3.63, 3.8) is 0 Å². The lowest BCUT2D eigenvalue weighted by Gasteiger charge is -2.06. The molecule has 24 heavy (non-hydrogen) atoms. The van der Waals surface area contributed by atoms with E-state index in [0.29, 0.717) is 0 Å². The van der Waals surface area contributed by atoms with Crippen LogP contribution in [0.1, 0.15) is 16.7 Å². The van der Waals surface area contributed by atoms with E-state index in [1.807, 2.05) is 18.3 Å². The number of thiophene rings is 2. The summed E-state index contributed by atoms with van der Waals surface area (Å²) in [6.07, 6.45) is 0. The van der Waals surface area contributed by atoms with Crippen molar-refractivity contribution in [2.24, 2.45) is 0 Å². The molecule has 2 heteroatoms. The molecule has 114 valence electrons. The van der Waals surface area contributed by atoms with Gasteiger partial charge in [-0.2, -0.15) is 0 Å². The molecule has 0 nitrogen and oxygen atoms in total. The van der Waals surface area contributed by atoms with Gasteiger partial charge in [-0.05, 0) is 59.7 Å². The largest absolute Gasteiger partial charge is 0.141 e. The molecular weight excluding hydrogens is 328 g/mol. The van der Waals surface area contributed by atoms with Crippen molar-refractivity contribution in [3.8, 4) is 11.8 Å². The number of hydrogen-bond donors (Lipinski definition) is 0. The van der Waals surface area contributed by atoms with Crippen molar-refractivity contribution in [1.82, 2.24) is 0 Å². The Kier molecular flexibility index (Phi) is 2.97. The minimum absolute atomic E-state index is 1.14. The molecule has 0 amide bonds. The fourth-order valence-corrected chi connectivity index (χ4v) is 5.49. The van der Waals surface area contributed by atoms with E-state index in [9.17, 15) is 0 Å². The minimum atomic E-state index is 1.14. The van der Waals surface area contributed by atoms with Gasteiger partial charge in [-0.3, -0.25) is 0 Å². The van der Waals surface area contributed by atoms with Crippen molar-refractivity contribution in [2.45, 2.75) is 13.8 Å². The summed E-state index contributed by atoms with van der Waals surface area (Å²) < 4.78 is 2.68. The van der Waals surface area contributed by atoms with Crippen LogP contribution in [-0.4, -0.2) is 0 Å². The van der Waals surface area contributed by atoms with Crippen LogP contribution in [0.5, 0.6) is 0 Å². The standard InChI is InChI=1S/C22H14S2/c1-3-4-14-12-20-18-6-5-17-15(16(18)8-10-22(20)24-14)7-9-21-19(17)11-13(2)23-21/h5-12H,1-2H3. The fraction of sp³-hybridized carbons (Fsp3) is 0.0909. The maximum atomic E-state index is 3.20. The first-order valence-corrected chi connectivity index (χ1v) is 9.59. The zero-order valence-electron chi connectivity index (χ0n) is 13.4. The minimum Gasteiger partial charge on any atom is -0.141 e. The van der Waals surface area contributed by atoms with Gasteiger partial charge < -0.3 is 0 Å². The highest BCUT2D eigenvalue weighted by molar-refractivity contribution is 7.19. The SMILES string of the molecule is CC#Cc1cc2c(ccc3c2ccc2c4cc(C)sc4ccc23)s1. The van der Waals surface area contributed by atoms with Gasteiger partial charge in [0.15, 0.2) is 0 Å². The molecule has 0 atom stereocenters. The zero-order valence-corrected chi connectivity index (χ0v) is 15.1. The molecule has 0 saturated carbocycles. The first-order chi connectivity index (χ1) is 11.7. The van der Waals surface area contributed by atoms with E-state index in [1.165, 1.54) is 46.6 Å². The van der Waals surface area contributed by atoms with Crippen LogP contribution >= 0.6 is 22.7 Å². The van der Waals surface area contributed by atoms with Gasteiger partial charge in [0.05, 0.1) is 4.88 Å². The molecule has 2 aromatic heterocycles. The van der Waals surface area contributed by atoms with Crippen molar-refractivity contribution in [3.05, 3.63) is 58.3 Å². The van der Waals surface area contributed by atoms with Gasteiger partial charge in [0.1, 0.15) is 0 Å². The molecule has 0 unspecified atom stereocenters. The molecule has 5 rings (SSSR count). The molecule has 0 aliphatic heterocycles. The van der Waals surface area contributed by atoms with Gasteiger partial charge in [0.2, 0.25) is 0 Å². The molecule has 0 aliphatic rings. The predicted octanol–water partition coefficient (Wildman–Crippen LogP) is 7.10. The lowest BCUT2D eigenvalue weighted by atomic mass is 9.98. The van der Waals surface area contributed by atoms with Crippen LogP contribution in [-0.2, 0) is 0 Å². The molecule has 0 aliphatic carbocycles. The van der Waals surface area contributed by atoms with Crippen molar-refractivity contribution in [2.75, 3.05) is 0 Å². The summed E-state index contributed by atoms with van der Waals surface area (Å²) in [4.78, 5) is 2.51. The Morgan fingerprint density at radius 3 is 1.88 bits per heavy atom. The number of aryl methyl sites for hydroxylation is 1. The summed E-state index contributed by atoms with van der Waals surface area (Å²) in [5.41, 5.74) is 0. The molecule has 0 bridgehead atoms. The van der Waals surface area contributed by atoms with E-state index in [1.54, 1.807) is 11.3 Å². The van der Waals surface area contributed by atoms with Crippen LogP contribution in [0.4, 0.5) is 0 Å². The van der Waals surface area contributed by atoms with Crippen LogP contribution < -0.4 is 0 Å². The number of fused-ring (bicyclic) bond motifs is 7. The molecule has 5 aromatic rings. The third kappa shape index (κ3) is 1.92. The van der Waals surface area contributed by atoms with E-state index in [2.05, 4.69) is 67.3 Å². The normalized spacial score (nSPS) is 11.4. The van der Waals surface area contributed by atoms with Crippen molar-refractivity contribution < 1.29 is 0 Å². The smallest absolute Gasteiger partial charge is 0.0781 e. The van der Waals surface area contributed by atoms with E-state index in [0.717, 1.165) is 4.88 Å². The van der Waals surface area contributed by atoms with E-state index in [-0.39, 0.29) is 0 Å². The number of benzene rings is 3. The highest BCUT2D eigenvalue weighted by atomic mass is 32.1. The fourth-order valence-electron chi connectivity index (χ4n) is 3.57. The second kappa shape index (κ2) is 5.08. The zero-order chi connectivity index (χ0) is 16.3. The van der Waals surface area contributed by atoms with Gasteiger partial charge >= 0.3 is 0 Å². The molecule has 0 saturated heterocycles. The quantitative estimate of drug-likeness (QED) is 0.208. The van der Waals surface area contributed by atoms with Crippen LogP contribution in [0.15, 0.2) is 48.5 Å². The van der Waals surface area contributed by atoms with Crippen LogP contribution in [0.25, 0.3) is 41.7 Å². The first-order valence-electron chi connectivity index (χ1n) is 7.95. The van der Waals surface area contributed by atoms with E-state index < -0.39 is 0 Å². The monoisotopic (exact) mass is 342 g/mol. The predicted molar refractivity (Wildman–Crippen MR) is 110 cm³/mol. The van der Waals surface area contributed by atoms with Gasteiger partial charge in [0, 0.05) is 25.0 Å². The average Bonchev–Trinajstić information content (AvgIpc) is 3.16. The van der Waals surface area contributed by atoms with Gasteiger partial charge in [-0.15, -0.1) is 28.6 Å². The Bertz CT molecular complexity index is 1320. The summed E-state index contributed by atoms with van der Waals surface area (Å²) in [5.74, 6) is 6.20. The Balaban J connectivity index is 1.94. The molecular formula is C22H14S2.